The molecule has 3 rings (SSSR count). The van der Waals surface area contributed by atoms with Crippen molar-refractivity contribution in [1.29, 1.82) is 0 Å². The van der Waals surface area contributed by atoms with Gasteiger partial charge in [0.25, 0.3) is 0 Å². The maximum atomic E-state index is 3.77. The Hall–Kier alpha value is -1.12. The fourth-order valence-electron chi connectivity index (χ4n) is 3.57. The number of rotatable bonds is 5. The number of benzene rings is 1. The molecule has 1 saturated carbocycles. The minimum atomic E-state index is 0.295. The van der Waals surface area contributed by atoms with Crippen LogP contribution < -0.4 is 5.32 Å². The van der Waals surface area contributed by atoms with Gasteiger partial charge in [-0.25, -0.2) is 0 Å². The highest BCUT2D eigenvalue weighted by molar-refractivity contribution is 7.10. The van der Waals surface area contributed by atoms with Gasteiger partial charge in [0.15, 0.2) is 0 Å². The first kappa shape index (κ1) is 13.8. The number of aryl methyl sites for hydroxylation is 1. The Kier molecular flexibility index (Phi) is 3.95. The predicted octanol–water partition coefficient (Wildman–Crippen LogP) is 4.83. The van der Waals surface area contributed by atoms with Gasteiger partial charge >= 0.3 is 0 Å². The Bertz CT molecular complexity index is 554. The van der Waals surface area contributed by atoms with Crippen molar-refractivity contribution in [1.82, 2.24) is 5.32 Å². The van der Waals surface area contributed by atoms with Crippen molar-refractivity contribution in [3.8, 4) is 0 Å². The van der Waals surface area contributed by atoms with Gasteiger partial charge in [0.2, 0.25) is 0 Å². The molecule has 0 saturated heterocycles. The lowest BCUT2D eigenvalue weighted by Crippen LogP contribution is -2.46. The summed E-state index contributed by atoms with van der Waals surface area (Å²) in [5.41, 5.74) is 3.30. The molecule has 2 heteroatoms. The van der Waals surface area contributed by atoms with Crippen LogP contribution in [0.2, 0.25) is 0 Å². The van der Waals surface area contributed by atoms with Gasteiger partial charge in [-0.3, -0.25) is 0 Å². The van der Waals surface area contributed by atoms with Crippen LogP contribution in [0.25, 0.3) is 0 Å². The monoisotopic (exact) mass is 285 g/mol. The summed E-state index contributed by atoms with van der Waals surface area (Å²) in [4.78, 5) is 1.46. The summed E-state index contributed by atoms with van der Waals surface area (Å²) in [5, 5.41) is 6.00. The minimum Gasteiger partial charge on any atom is -0.309 e. The molecule has 0 spiro atoms. The molecule has 1 atom stereocenters. The van der Waals surface area contributed by atoms with Crippen molar-refractivity contribution in [3.05, 3.63) is 57.8 Å². The summed E-state index contributed by atoms with van der Waals surface area (Å²) in [5.74, 6) is 0. The van der Waals surface area contributed by atoms with Crippen LogP contribution in [0, 0.1) is 6.92 Å². The smallest absolute Gasteiger partial charge is 0.0429 e. The molecule has 1 aromatic carbocycles. The van der Waals surface area contributed by atoms with E-state index in [0.29, 0.717) is 11.5 Å². The second-order valence-electron chi connectivity index (χ2n) is 5.80. The molecule has 1 N–H and O–H groups in total. The molecular formula is C18H23NS. The second kappa shape index (κ2) is 5.71. The van der Waals surface area contributed by atoms with Gasteiger partial charge in [-0.2, -0.15) is 0 Å². The third kappa shape index (κ3) is 2.21. The molecular weight excluding hydrogens is 262 g/mol. The van der Waals surface area contributed by atoms with Crippen LogP contribution in [0.15, 0.2) is 41.8 Å². The summed E-state index contributed by atoms with van der Waals surface area (Å²) in [7, 11) is 0. The number of hydrogen-bond acceptors (Lipinski definition) is 2. The first-order chi connectivity index (χ1) is 9.78. The van der Waals surface area contributed by atoms with Gasteiger partial charge in [-0.15, -0.1) is 11.3 Å². The Morgan fingerprint density at radius 3 is 2.45 bits per heavy atom. The van der Waals surface area contributed by atoms with E-state index in [0.717, 1.165) is 6.54 Å². The molecule has 0 bridgehead atoms. The van der Waals surface area contributed by atoms with Crippen molar-refractivity contribution >= 4 is 11.3 Å². The molecule has 0 amide bonds. The zero-order valence-electron chi connectivity index (χ0n) is 12.4. The van der Waals surface area contributed by atoms with Gasteiger partial charge in [-0.1, -0.05) is 43.7 Å². The van der Waals surface area contributed by atoms with Crippen molar-refractivity contribution in [2.45, 2.75) is 44.6 Å². The molecule has 1 aliphatic rings. The lowest BCUT2D eigenvalue weighted by molar-refractivity contribution is 0.171. The summed E-state index contributed by atoms with van der Waals surface area (Å²) >= 11 is 1.86. The van der Waals surface area contributed by atoms with Gasteiger partial charge in [0, 0.05) is 16.3 Å². The third-order valence-electron chi connectivity index (χ3n) is 4.77. The Labute approximate surface area is 126 Å². The van der Waals surface area contributed by atoms with Crippen molar-refractivity contribution in [2.24, 2.45) is 0 Å². The molecule has 2 aromatic rings. The van der Waals surface area contributed by atoms with E-state index in [1.807, 2.05) is 11.3 Å². The highest BCUT2D eigenvalue weighted by Crippen LogP contribution is 2.52. The van der Waals surface area contributed by atoms with E-state index in [1.54, 1.807) is 0 Å². The lowest BCUT2D eigenvalue weighted by Gasteiger charge is -2.49. The van der Waals surface area contributed by atoms with Crippen LogP contribution in [0.5, 0.6) is 0 Å². The average Bonchev–Trinajstić information content (AvgIpc) is 2.84. The number of hydrogen-bond donors (Lipinski definition) is 1. The molecule has 20 heavy (non-hydrogen) atoms. The highest BCUT2D eigenvalue weighted by atomic mass is 32.1. The van der Waals surface area contributed by atoms with Gasteiger partial charge in [0.1, 0.15) is 0 Å². The SMILES string of the molecule is CCNC(c1ccsc1C)C1(c2ccccc2)CCC1. The molecule has 1 fully saturated rings. The van der Waals surface area contributed by atoms with E-state index in [2.05, 4.69) is 60.9 Å². The predicted molar refractivity (Wildman–Crippen MR) is 87.4 cm³/mol. The molecule has 1 unspecified atom stereocenters. The Morgan fingerprint density at radius 1 is 1.20 bits per heavy atom. The molecule has 1 nitrogen and oxygen atoms in total. The quantitative estimate of drug-likeness (QED) is 0.829. The standard InChI is InChI=1S/C18H23NS/c1-3-19-17(16-10-13-20-14(16)2)18(11-7-12-18)15-8-5-4-6-9-15/h4-6,8-10,13,17,19H,3,7,11-12H2,1-2H3. The van der Waals surface area contributed by atoms with Gasteiger partial charge < -0.3 is 5.32 Å². The van der Waals surface area contributed by atoms with E-state index >= 15 is 0 Å². The fraction of sp³-hybridized carbons (Fsp3) is 0.444. The number of nitrogens with one attached hydrogen (secondary N) is 1. The summed E-state index contributed by atoms with van der Waals surface area (Å²) in [6, 6.07) is 13.9. The minimum absolute atomic E-state index is 0.295. The molecule has 1 heterocycles. The highest BCUT2D eigenvalue weighted by Gasteiger charge is 2.46. The summed E-state index contributed by atoms with van der Waals surface area (Å²) in [6.45, 7) is 5.49. The lowest BCUT2D eigenvalue weighted by atomic mass is 9.58. The number of likely N-dealkylation sites (N-methyl/N-ethyl adjacent to an activating group) is 1. The Morgan fingerprint density at radius 2 is 1.95 bits per heavy atom. The van der Waals surface area contributed by atoms with Crippen LogP contribution in [0.3, 0.4) is 0 Å². The summed E-state index contributed by atoms with van der Waals surface area (Å²) in [6.07, 6.45) is 3.94. The van der Waals surface area contributed by atoms with E-state index < -0.39 is 0 Å². The van der Waals surface area contributed by atoms with Crippen molar-refractivity contribution in [3.63, 3.8) is 0 Å². The van der Waals surface area contributed by atoms with E-state index in [1.165, 1.54) is 35.3 Å². The first-order valence-corrected chi connectivity index (χ1v) is 8.49. The van der Waals surface area contributed by atoms with Crippen LogP contribution in [-0.2, 0) is 5.41 Å². The zero-order valence-corrected chi connectivity index (χ0v) is 13.2. The van der Waals surface area contributed by atoms with Crippen LogP contribution in [-0.4, -0.2) is 6.54 Å². The number of thiophene rings is 1. The van der Waals surface area contributed by atoms with E-state index in [9.17, 15) is 0 Å². The van der Waals surface area contributed by atoms with E-state index in [-0.39, 0.29) is 0 Å². The van der Waals surface area contributed by atoms with Crippen molar-refractivity contribution < 1.29 is 0 Å². The molecule has 106 valence electrons. The maximum Gasteiger partial charge on any atom is 0.0429 e. The second-order valence-corrected chi connectivity index (χ2v) is 6.92. The van der Waals surface area contributed by atoms with Crippen LogP contribution in [0.1, 0.15) is 48.2 Å². The molecule has 0 aliphatic heterocycles. The van der Waals surface area contributed by atoms with Crippen LogP contribution in [0.4, 0.5) is 0 Å². The first-order valence-electron chi connectivity index (χ1n) is 7.61. The molecule has 1 aromatic heterocycles. The largest absolute Gasteiger partial charge is 0.309 e. The third-order valence-corrected chi connectivity index (χ3v) is 5.63. The van der Waals surface area contributed by atoms with Gasteiger partial charge in [0.05, 0.1) is 0 Å². The fourth-order valence-corrected chi connectivity index (χ4v) is 4.31. The van der Waals surface area contributed by atoms with Crippen molar-refractivity contribution in [2.75, 3.05) is 6.54 Å². The average molecular weight is 285 g/mol. The molecule has 0 radical (unpaired) electrons. The van der Waals surface area contributed by atoms with E-state index in [4.69, 9.17) is 0 Å². The van der Waals surface area contributed by atoms with Crippen LogP contribution >= 0.6 is 11.3 Å². The zero-order chi connectivity index (χ0) is 14.0. The normalized spacial score (nSPS) is 18.5. The van der Waals surface area contributed by atoms with Gasteiger partial charge in [-0.05, 0) is 48.9 Å². The topological polar surface area (TPSA) is 12.0 Å². The maximum absolute atomic E-state index is 3.77. The summed E-state index contributed by atoms with van der Waals surface area (Å²) < 4.78 is 0. The Balaban J connectivity index is 2.03. The molecule has 1 aliphatic carbocycles.